The lowest BCUT2D eigenvalue weighted by molar-refractivity contribution is 0.352. The zero-order valence-electron chi connectivity index (χ0n) is 15.5. The molecule has 0 radical (unpaired) electrons. The number of nitrogens with zero attached hydrogens (tertiary/aromatic N) is 3. The van der Waals surface area contributed by atoms with Crippen molar-refractivity contribution >= 4 is 17.0 Å². The van der Waals surface area contributed by atoms with Crippen LogP contribution in [-0.4, -0.2) is 34.0 Å². The van der Waals surface area contributed by atoms with E-state index in [4.69, 9.17) is 9.47 Å². The van der Waals surface area contributed by atoms with Crippen molar-refractivity contribution in [1.82, 2.24) is 19.7 Å². The minimum absolute atomic E-state index is 0.257. The van der Waals surface area contributed by atoms with E-state index in [0.717, 1.165) is 11.3 Å². The van der Waals surface area contributed by atoms with E-state index in [9.17, 15) is 4.79 Å². The molecule has 0 atom stereocenters. The summed E-state index contributed by atoms with van der Waals surface area (Å²) in [4.78, 5) is 19.7. The lowest BCUT2D eigenvalue weighted by Crippen LogP contribution is -2.14. The molecule has 0 aliphatic carbocycles. The number of rotatable bonds is 6. The van der Waals surface area contributed by atoms with Crippen LogP contribution in [0.15, 0.2) is 59.5 Å². The van der Waals surface area contributed by atoms with Gasteiger partial charge in [0.2, 0.25) is 5.95 Å². The molecule has 0 unspecified atom stereocenters. The second kappa shape index (κ2) is 7.43. The maximum absolute atomic E-state index is 12.4. The molecule has 8 nitrogen and oxygen atoms in total. The van der Waals surface area contributed by atoms with Gasteiger partial charge >= 0.3 is 0 Å². The first kappa shape index (κ1) is 17.6. The van der Waals surface area contributed by atoms with Crippen LogP contribution in [-0.2, 0) is 6.54 Å². The summed E-state index contributed by atoms with van der Waals surface area (Å²) in [5.41, 5.74) is 1.93. The first-order chi connectivity index (χ1) is 13.7. The van der Waals surface area contributed by atoms with Gasteiger partial charge in [-0.1, -0.05) is 30.3 Å². The predicted molar refractivity (Wildman–Crippen MR) is 106 cm³/mol. The molecule has 0 saturated carbocycles. The molecule has 0 bridgehead atoms. The Labute approximate surface area is 160 Å². The topological polar surface area (TPSA) is 94.1 Å². The summed E-state index contributed by atoms with van der Waals surface area (Å²) in [5, 5.41) is 7.88. The second-order valence-electron chi connectivity index (χ2n) is 6.05. The van der Waals surface area contributed by atoms with Crippen LogP contribution in [0, 0.1) is 0 Å². The molecule has 4 rings (SSSR count). The van der Waals surface area contributed by atoms with Crippen LogP contribution in [0.5, 0.6) is 11.5 Å². The van der Waals surface area contributed by atoms with Crippen molar-refractivity contribution in [3.8, 4) is 17.2 Å². The van der Waals surface area contributed by atoms with Gasteiger partial charge in [-0.2, -0.15) is 10.1 Å². The largest absolute Gasteiger partial charge is 0.493 e. The minimum atomic E-state index is -0.257. The van der Waals surface area contributed by atoms with E-state index in [1.54, 1.807) is 18.9 Å². The number of H-pyrrole nitrogens is 1. The molecule has 0 spiro atoms. The Morgan fingerprint density at radius 3 is 2.64 bits per heavy atom. The number of benzene rings is 2. The number of fused-ring (bicyclic) bond motifs is 1. The average Bonchev–Trinajstić information content (AvgIpc) is 3.17. The highest BCUT2D eigenvalue weighted by molar-refractivity contribution is 5.76. The van der Waals surface area contributed by atoms with Gasteiger partial charge in [-0.05, 0) is 18.2 Å². The highest BCUT2D eigenvalue weighted by Crippen LogP contribution is 2.30. The first-order valence-corrected chi connectivity index (χ1v) is 8.68. The third kappa shape index (κ3) is 3.16. The Balaban J connectivity index is 1.68. The number of aromatic amines is 1. The third-order valence-electron chi connectivity index (χ3n) is 4.37. The van der Waals surface area contributed by atoms with E-state index < -0.39 is 0 Å². The summed E-state index contributed by atoms with van der Waals surface area (Å²) in [7, 11) is 3.18. The Kier molecular flexibility index (Phi) is 4.67. The van der Waals surface area contributed by atoms with Crippen molar-refractivity contribution in [3.05, 3.63) is 70.6 Å². The monoisotopic (exact) mass is 377 g/mol. The number of para-hydroxylation sites is 2. The third-order valence-corrected chi connectivity index (χ3v) is 4.37. The molecule has 0 fully saturated rings. The maximum Gasteiger partial charge on any atom is 0.263 e. The molecule has 8 heteroatoms. The van der Waals surface area contributed by atoms with Crippen molar-refractivity contribution in [2.45, 2.75) is 6.54 Å². The molecule has 0 amide bonds. The highest BCUT2D eigenvalue weighted by Gasteiger charge is 2.13. The van der Waals surface area contributed by atoms with Gasteiger partial charge in [0.25, 0.3) is 5.56 Å². The van der Waals surface area contributed by atoms with Gasteiger partial charge in [-0.15, -0.1) is 0 Å². The molecule has 0 aliphatic rings. The molecule has 0 aliphatic heterocycles. The van der Waals surface area contributed by atoms with Gasteiger partial charge in [0.15, 0.2) is 17.1 Å². The van der Waals surface area contributed by atoms with Crippen molar-refractivity contribution in [2.75, 3.05) is 19.5 Å². The number of nitrogens with one attached hydrogen (secondary N) is 2. The SMILES string of the molecule is COc1cccc(CNc2nc3c(cnn3-c3ccccc3)c(=O)[nH]2)c1OC. The van der Waals surface area contributed by atoms with Crippen molar-refractivity contribution in [3.63, 3.8) is 0 Å². The van der Waals surface area contributed by atoms with Crippen LogP contribution in [0.3, 0.4) is 0 Å². The number of methoxy groups -OCH3 is 2. The molecule has 2 heterocycles. The molecule has 2 aromatic carbocycles. The minimum Gasteiger partial charge on any atom is -0.493 e. The molecule has 4 aromatic rings. The molecule has 2 N–H and O–H groups in total. The van der Waals surface area contributed by atoms with Crippen LogP contribution in [0.1, 0.15) is 5.56 Å². The zero-order chi connectivity index (χ0) is 19.5. The van der Waals surface area contributed by atoms with E-state index >= 15 is 0 Å². The number of ether oxygens (including phenoxy) is 2. The van der Waals surface area contributed by atoms with Gasteiger partial charge in [-0.25, -0.2) is 4.68 Å². The summed E-state index contributed by atoms with van der Waals surface area (Å²) >= 11 is 0. The van der Waals surface area contributed by atoms with Crippen LogP contribution in [0.4, 0.5) is 5.95 Å². The first-order valence-electron chi connectivity index (χ1n) is 8.68. The number of anilines is 1. The fourth-order valence-electron chi connectivity index (χ4n) is 3.03. The van der Waals surface area contributed by atoms with E-state index in [1.165, 1.54) is 6.20 Å². The average molecular weight is 377 g/mol. The Hall–Kier alpha value is -3.81. The van der Waals surface area contributed by atoms with E-state index in [1.807, 2.05) is 48.5 Å². The Morgan fingerprint density at radius 2 is 1.89 bits per heavy atom. The van der Waals surface area contributed by atoms with Crippen molar-refractivity contribution in [1.29, 1.82) is 0 Å². The molecule has 2 aromatic heterocycles. The van der Waals surface area contributed by atoms with Crippen LogP contribution in [0.2, 0.25) is 0 Å². The summed E-state index contributed by atoms with van der Waals surface area (Å²) in [5.74, 6) is 1.62. The van der Waals surface area contributed by atoms with Gasteiger partial charge in [0, 0.05) is 12.1 Å². The summed E-state index contributed by atoms with van der Waals surface area (Å²) in [6, 6.07) is 15.2. The summed E-state index contributed by atoms with van der Waals surface area (Å²) in [6.45, 7) is 0.397. The molecular formula is C20H19N5O3. The molecular weight excluding hydrogens is 358 g/mol. The van der Waals surface area contributed by atoms with E-state index in [2.05, 4.69) is 20.4 Å². The lowest BCUT2D eigenvalue weighted by atomic mass is 10.2. The number of hydrogen-bond acceptors (Lipinski definition) is 6. The zero-order valence-corrected chi connectivity index (χ0v) is 15.5. The normalized spacial score (nSPS) is 10.8. The Bertz CT molecular complexity index is 1170. The standard InChI is InChI=1S/C20H19N5O3/c1-27-16-10-6-7-13(17(16)28-2)11-21-20-23-18-15(19(26)24-20)12-22-25(18)14-8-4-3-5-9-14/h3-10,12H,11H2,1-2H3,(H2,21,23,24,26). The number of hydrogen-bond donors (Lipinski definition) is 2. The van der Waals surface area contributed by atoms with Gasteiger partial charge in [0.1, 0.15) is 5.39 Å². The fourth-order valence-corrected chi connectivity index (χ4v) is 3.03. The Morgan fingerprint density at radius 1 is 1.07 bits per heavy atom. The van der Waals surface area contributed by atoms with Gasteiger partial charge in [0.05, 0.1) is 26.1 Å². The maximum atomic E-state index is 12.4. The summed E-state index contributed by atoms with van der Waals surface area (Å²) in [6.07, 6.45) is 1.52. The van der Waals surface area contributed by atoms with Gasteiger partial charge in [-0.3, -0.25) is 9.78 Å². The number of aromatic nitrogens is 4. The predicted octanol–water partition coefficient (Wildman–Crippen LogP) is 2.74. The fraction of sp³-hybridized carbons (Fsp3) is 0.150. The lowest BCUT2D eigenvalue weighted by Gasteiger charge is -2.13. The van der Waals surface area contributed by atoms with Crippen LogP contribution < -0.4 is 20.3 Å². The van der Waals surface area contributed by atoms with Crippen molar-refractivity contribution < 1.29 is 9.47 Å². The van der Waals surface area contributed by atoms with Gasteiger partial charge < -0.3 is 14.8 Å². The van der Waals surface area contributed by atoms with E-state index in [-0.39, 0.29) is 5.56 Å². The second-order valence-corrected chi connectivity index (χ2v) is 6.05. The molecule has 142 valence electrons. The smallest absolute Gasteiger partial charge is 0.263 e. The summed E-state index contributed by atoms with van der Waals surface area (Å²) < 4.78 is 12.4. The van der Waals surface area contributed by atoms with Crippen molar-refractivity contribution in [2.24, 2.45) is 0 Å². The van der Waals surface area contributed by atoms with E-state index in [0.29, 0.717) is 35.0 Å². The molecule has 0 saturated heterocycles. The quantitative estimate of drug-likeness (QED) is 0.537. The van der Waals surface area contributed by atoms with Crippen LogP contribution >= 0.6 is 0 Å². The highest BCUT2D eigenvalue weighted by atomic mass is 16.5. The molecule has 28 heavy (non-hydrogen) atoms. The van der Waals surface area contributed by atoms with Crippen LogP contribution in [0.25, 0.3) is 16.7 Å².